The lowest BCUT2D eigenvalue weighted by atomic mass is 10.1. The zero-order valence-electron chi connectivity index (χ0n) is 15.4. The van der Waals surface area contributed by atoms with E-state index in [2.05, 4.69) is 25.9 Å². The van der Waals surface area contributed by atoms with Crippen LogP contribution in [0.4, 0.5) is 0 Å². The third-order valence-electron chi connectivity index (χ3n) is 4.69. The van der Waals surface area contributed by atoms with E-state index < -0.39 is 0 Å². The topological polar surface area (TPSA) is 73.3 Å². The summed E-state index contributed by atoms with van der Waals surface area (Å²) in [6.45, 7) is 2.62. The maximum Gasteiger partial charge on any atom is 0.162 e. The van der Waals surface area contributed by atoms with Gasteiger partial charge in [0.15, 0.2) is 17.3 Å². The highest BCUT2D eigenvalue weighted by Gasteiger charge is 2.19. The molecule has 2 aromatic heterocycles. The van der Waals surface area contributed by atoms with Gasteiger partial charge in [0.25, 0.3) is 0 Å². The highest BCUT2D eigenvalue weighted by Crippen LogP contribution is 2.29. The molecule has 0 radical (unpaired) electrons. The van der Waals surface area contributed by atoms with Crippen molar-refractivity contribution in [1.82, 2.24) is 24.8 Å². The summed E-state index contributed by atoms with van der Waals surface area (Å²) >= 11 is 0. The summed E-state index contributed by atoms with van der Waals surface area (Å²) < 4.78 is 10.7. The number of ether oxygens (including phenoxy) is 2. The van der Waals surface area contributed by atoms with Crippen LogP contribution in [0.1, 0.15) is 16.8 Å². The molecular formula is C20H21N5O2. The lowest BCUT2D eigenvalue weighted by Crippen LogP contribution is -2.31. The first-order valence-electron chi connectivity index (χ1n) is 8.80. The molecule has 4 rings (SSSR count). The lowest BCUT2D eigenvalue weighted by Gasteiger charge is -2.28. The Hall–Kier alpha value is -3.06. The second-order valence-corrected chi connectivity index (χ2v) is 6.44. The molecule has 0 bridgehead atoms. The van der Waals surface area contributed by atoms with Crippen molar-refractivity contribution < 1.29 is 9.47 Å². The third kappa shape index (κ3) is 3.73. The van der Waals surface area contributed by atoms with E-state index in [-0.39, 0.29) is 0 Å². The predicted octanol–water partition coefficient (Wildman–Crippen LogP) is 2.51. The van der Waals surface area contributed by atoms with Crippen molar-refractivity contribution in [1.29, 1.82) is 0 Å². The average molecular weight is 363 g/mol. The van der Waals surface area contributed by atoms with Crippen molar-refractivity contribution in [3.8, 4) is 22.9 Å². The standard InChI is InChI=1S/C20H21N5O2/c1-26-18-4-3-14(7-19(18)27-2)11-25-6-5-17-16(12-25)10-23-20(24-17)15-8-21-13-22-9-15/h3-4,7-10,13H,5-6,11-12H2,1-2H3. The number of hydrogen-bond acceptors (Lipinski definition) is 7. The van der Waals surface area contributed by atoms with Crippen LogP contribution < -0.4 is 9.47 Å². The summed E-state index contributed by atoms with van der Waals surface area (Å²) in [7, 11) is 3.31. The van der Waals surface area contributed by atoms with Crippen LogP contribution in [0.25, 0.3) is 11.4 Å². The van der Waals surface area contributed by atoms with Gasteiger partial charge in [-0.05, 0) is 17.7 Å². The van der Waals surface area contributed by atoms with Gasteiger partial charge in [0.2, 0.25) is 0 Å². The van der Waals surface area contributed by atoms with Crippen LogP contribution in [0.3, 0.4) is 0 Å². The first-order valence-corrected chi connectivity index (χ1v) is 8.80. The average Bonchev–Trinajstić information content (AvgIpc) is 2.74. The maximum atomic E-state index is 5.40. The minimum absolute atomic E-state index is 0.683. The van der Waals surface area contributed by atoms with Crippen molar-refractivity contribution in [3.63, 3.8) is 0 Å². The Morgan fingerprint density at radius 3 is 2.63 bits per heavy atom. The summed E-state index contributed by atoms with van der Waals surface area (Å²) in [6, 6.07) is 6.05. The minimum atomic E-state index is 0.683. The molecule has 1 aliphatic heterocycles. The molecule has 138 valence electrons. The molecule has 7 heteroatoms. The molecule has 0 aliphatic carbocycles. The highest BCUT2D eigenvalue weighted by molar-refractivity contribution is 5.52. The molecule has 3 heterocycles. The number of fused-ring (bicyclic) bond motifs is 1. The second kappa shape index (κ2) is 7.67. The summed E-state index contributed by atoms with van der Waals surface area (Å²) in [5, 5.41) is 0. The summed E-state index contributed by atoms with van der Waals surface area (Å²) in [6.07, 6.45) is 7.80. The molecule has 27 heavy (non-hydrogen) atoms. The van der Waals surface area contributed by atoms with Crippen LogP contribution in [0.2, 0.25) is 0 Å². The van der Waals surface area contributed by atoms with Gasteiger partial charge < -0.3 is 9.47 Å². The largest absolute Gasteiger partial charge is 0.493 e. The molecule has 1 aromatic carbocycles. The number of benzene rings is 1. The van der Waals surface area contributed by atoms with Crippen LogP contribution >= 0.6 is 0 Å². The number of rotatable bonds is 5. The first kappa shape index (κ1) is 17.4. The zero-order valence-corrected chi connectivity index (χ0v) is 15.4. The van der Waals surface area contributed by atoms with Crippen LogP contribution in [0, 0.1) is 0 Å². The van der Waals surface area contributed by atoms with Gasteiger partial charge in [0.05, 0.1) is 25.5 Å². The molecule has 3 aromatic rings. The molecule has 0 unspecified atom stereocenters. The summed E-state index contributed by atoms with van der Waals surface area (Å²) in [5.41, 5.74) is 4.30. The first-order chi connectivity index (χ1) is 13.3. The summed E-state index contributed by atoms with van der Waals surface area (Å²) in [4.78, 5) is 19.7. The van der Waals surface area contributed by atoms with Crippen molar-refractivity contribution in [2.75, 3.05) is 20.8 Å². The highest BCUT2D eigenvalue weighted by atomic mass is 16.5. The van der Waals surface area contributed by atoms with Gasteiger partial charge in [-0.1, -0.05) is 6.07 Å². The van der Waals surface area contributed by atoms with Crippen molar-refractivity contribution >= 4 is 0 Å². The van der Waals surface area contributed by atoms with E-state index in [0.717, 1.165) is 48.8 Å². The molecule has 0 amide bonds. The van der Waals surface area contributed by atoms with Gasteiger partial charge in [0.1, 0.15) is 6.33 Å². The van der Waals surface area contributed by atoms with Crippen LogP contribution in [-0.4, -0.2) is 45.6 Å². The fourth-order valence-electron chi connectivity index (χ4n) is 3.30. The SMILES string of the molecule is COc1ccc(CN2CCc3nc(-c4cncnc4)ncc3C2)cc1OC. The van der Waals surface area contributed by atoms with Crippen LogP contribution in [0.15, 0.2) is 43.1 Å². The third-order valence-corrected chi connectivity index (χ3v) is 4.69. The van der Waals surface area contributed by atoms with Gasteiger partial charge >= 0.3 is 0 Å². The maximum absolute atomic E-state index is 5.40. The second-order valence-electron chi connectivity index (χ2n) is 6.44. The monoisotopic (exact) mass is 363 g/mol. The van der Waals surface area contributed by atoms with Gasteiger partial charge in [-0.25, -0.2) is 19.9 Å². The number of nitrogens with zero attached hydrogens (tertiary/aromatic N) is 5. The Balaban J connectivity index is 1.49. The molecule has 1 aliphatic rings. The van der Waals surface area contributed by atoms with Crippen molar-refractivity contribution in [2.24, 2.45) is 0 Å². The molecule has 0 N–H and O–H groups in total. The Morgan fingerprint density at radius 1 is 1.04 bits per heavy atom. The summed E-state index contributed by atoms with van der Waals surface area (Å²) in [5.74, 6) is 2.18. The normalized spacial score (nSPS) is 13.9. The zero-order chi connectivity index (χ0) is 18.6. The van der Waals surface area contributed by atoms with Gasteiger partial charge in [-0.2, -0.15) is 0 Å². The molecule has 0 fully saturated rings. The van der Waals surface area contributed by atoms with Gasteiger partial charge in [0, 0.05) is 50.2 Å². The minimum Gasteiger partial charge on any atom is -0.493 e. The van der Waals surface area contributed by atoms with E-state index in [4.69, 9.17) is 14.5 Å². The van der Waals surface area contributed by atoms with E-state index in [1.165, 1.54) is 17.5 Å². The van der Waals surface area contributed by atoms with Crippen molar-refractivity contribution in [2.45, 2.75) is 19.5 Å². The lowest BCUT2D eigenvalue weighted by molar-refractivity contribution is 0.242. The smallest absolute Gasteiger partial charge is 0.162 e. The number of hydrogen-bond donors (Lipinski definition) is 0. The Morgan fingerprint density at radius 2 is 1.85 bits per heavy atom. The fraction of sp³-hybridized carbons (Fsp3) is 0.300. The number of methoxy groups -OCH3 is 2. The molecule has 7 nitrogen and oxygen atoms in total. The van der Waals surface area contributed by atoms with E-state index in [9.17, 15) is 0 Å². The van der Waals surface area contributed by atoms with Crippen LogP contribution in [0.5, 0.6) is 11.5 Å². The van der Waals surface area contributed by atoms with Gasteiger partial charge in [-0.15, -0.1) is 0 Å². The number of aromatic nitrogens is 4. The van der Waals surface area contributed by atoms with E-state index >= 15 is 0 Å². The van der Waals surface area contributed by atoms with E-state index in [0.29, 0.717) is 5.82 Å². The Labute approximate surface area is 158 Å². The van der Waals surface area contributed by atoms with Gasteiger partial charge in [-0.3, -0.25) is 4.90 Å². The van der Waals surface area contributed by atoms with Crippen molar-refractivity contribution in [3.05, 3.63) is 59.9 Å². The predicted molar refractivity (Wildman–Crippen MR) is 100 cm³/mol. The Bertz CT molecular complexity index is 933. The molecule has 0 saturated heterocycles. The van der Waals surface area contributed by atoms with E-state index in [1.54, 1.807) is 26.6 Å². The molecule has 0 atom stereocenters. The quantitative estimate of drug-likeness (QED) is 0.689. The molecular weight excluding hydrogens is 342 g/mol. The molecule has 0 spiro atoms. The molecule has 0 saturated carbocycles. The Kier molecular flexibility index (Phi) is 4.93. The van der Waals surface area contributed by atoms with Crippen LogP contribution in [-0.2, 0) is 19.5 Å². The van der Waals surface area contributed by atoms with E-state index in [1.807, 2.05) is 18.3 Å². The fourth-order valence-corrected chi connectivity index (χ4v) is 3.30.